The maximum Gasteiger partial charge on any atom is 0.327 e. The summed E-state index contributed by atoms with van der Waals surface area (Å²) in [5.41, 5.74) is 0.184. The first kappa shape index (κ1) is 13.0. The Labute approximate surface area is 97.8 Å². The van der Waals surface area contributed by atoms with Crippen molar-refractivity contribution in [1.29, 1.82) is 5.26 Å². The van der Waals surface area contributed by atoms with Crippen molar-refractivity contribution in [3.8, 4) is 6.07 Å². The highest BCUT2D eigenvalue weighted by molar-refractivity contribution is 7.92. The summed E-state index contributed by atoms with van der Waals surface area (Å²) in [5.74, 6) is -1.14. The highest BCUT2D eigenvalue weighted by atomic mass is 32.2. The molecule has 0 aliphatic carbocycles. The zero-order chi connectivity index (χ0) is 12.9. The van der Waals surface area contributed by atoms with Gasteiger partial charge in [0.15, 0.2) is 5.75 Å². The molecule has 0 spiro atoms. The molecule has 0 saturated heterocycles. The van der Waals surface area contributed by atoms with Gasteiger partial charge in [-0.05, 0) is 0 Å². The van der Waals surface area contributed by atoms with Crippen LogP contribution in [0.5, 0.6) is 0 Å². The predicted octanol–water partition coefficient (Wildman–Crippen LogP) is -0.679. The molecule has 1 aromatic rings. The second kappa shape index (κ2) is 5.31. The molecular weight excluding hydrogens is 248 g/mol. The molecule has 8 nitrogen and oxygen atoms in total. The van der Waals surface area contributed by atoms with Gasteiger partial charge in [0.05, 0.1) is 25.1 Å². The molecular formula is C8H10N4O4S. The van der Waals surface area contributed by atoms with Gasteiger partial charge < -0.3 is 4.74 Å². The van der Waals surface area contributed by atoms with E-state index < -0.39 is 21.7 Å². The topological polar surface area (TPSA) is 114 Å². The zero-order valence-corrected chi connectivity index (χ0v) is 9.77. The van der Waals surface area contributed by atoms with Crippen LogP contribution < -0.4 is 4.72 Å². The average molecular weight is 258 g/mol. The van der Waals surface area contributed by atoms with E-state index in [1.54, 1.807) is 0 Å². The van der Waals surface area contributed by atoms with E-state index in [-0.39, 0.29) is 12.2 Å². The van der Waals surface area contributed by atoms with Crippen LogP contribution in [-0.4, -0.2) is 37.0 Å². The normalized spacial score (nSPS) is 10.6. The van der Waals surface area contributed by atoms with Crippen LogP contribution in [0.1, 0.15) is 0 Å². The highest BCUT2D eigenvalue weighted by Crippen LogP contribution is 2.07. The quantitative estimate of drug-likeness (QED) is 0.700. The van der Waals surface area contributed by atoms with Crippen molar-refractivity contribution < 1.29 is 17.9 Å². The van der Waals surface area contributed by atoms with Crippen molar-refractivity contribution in [3.63, 3.8) is 0 Å². The number of nitriles is 1. The number of carbonyl (C=O) groups is 1. The molecule has 0 aliphatic rings. The lowest BCUT2D eigenvalue weighted by Crippen LogP contribution is -2.15. The lowest BCUT2D eigenvalue weighted by Gasteiger charge is -2.00. The largest absolute Gasteiger partial charge is 0.468 e. The number of sulfonamides is 1. The third kappa shape index (κ3) is 4.12. The number of carbonyl (C=O) groups excluding carboxylic acids is 1. The smallest absolute Gasteiger partial charge is 0.327 e. The van der Waals surface area contributed by atoms with Crippen molar-refractivity contribution in [3.05, 3.63) is 12.4 Å². The lowest BCUT2D eigenvalue weighted by atomic mass is 10.6. The molecule has 0 atom stereocenters. The molecule has 1 rings (SSSR count). The zero-order valence-electron chi connectivity index (χ0n) is 8.95. The Hall–Kier alpha value is -2.08. The molecule has 0 aromatic carbocycles. The molecule has 0 unspecified atom stereocenters. The number of hydrogen-bond acceptors (Lipinski definition) is 6. The summed E-state index contributed by atoms with van der Waals surface area (Å²) in [5, 5.41) is 12.0. The van der Waals surface area contributed by atoms with Crippen molar-refractivity contribution in [1.82, 2.24) is 9.78 Å². The Morgan fingerprint density at radius 1 is 1.71 bits per heavy atom. The van der Waals surface area contributed by atoms with Crippen LogP contribution in [0.25, 0.3) is 0 Å². The van der Waals surface area contributed by atoms with Crippen molar-refractivity contribution >= 4 is 21.7 Å². The summed E-state index contributed by atoms with van der Waals surface area (Å²) < 4.78 is 30.2. The lowest BCUT2D eigenvalue weighted by molar-refractivity contribution is -0.141. The molecule has 0 amide bonds. The monoisotopic (exact) mass is 258 g/mol. The van der Waals surface area contributed by atoms with E-state index >= 15 is 0 Å². The number of rotatable bonds is 5. The molecule has 92 valence electrons. The number of ether oxygens (including phenoxy) is 1. The first-order valence-corrected chi connectivity index (χ1v) is 6.09. The molecule has 1 N–H and O–H groups in total. The average Bonchev–Trinajstić information content (AvgIpc) is 2.64. The van der Waals surface area contributed by atoms with Gasteiger partial charge in [-0.15, -0.1) is 0 Å². The standard InChI is InChI=1S/C8H10N4O4S/c1-16-8(13)6-12-5-7(4-10-12)11-17(14,15)3-2-9/h4-5,11H,3,6H2,1H3. The highest BCUT2D eigenvalue weighted by Gasteiger charge is 2.11. The fourth-order valence-corrected chi connectivity index (χ4v) is 1.71. The van der Waals surface area contributed by atoms with E-state index in [9.17, 15) is 13.2 Å². The van der Waals surface area contributed by atoms with Crippen LogP contribution in [0, 0.1) is 11.3 Å². The Bertz CT molecular complexity index is 542. The van der Waals surface area contributed by atoms with E-state index in [1.165, 1.54) is 30.3 Å². The first-order chi connectivity index (χ1) is 7.96. The van der Waals surface area contributed by atoms with Gasteiger partial charge in [0.1, 0.15) is 6.54 Å². The molecule has 0 fully saturated rings. The molecule has 0 bridgehead atoms. The third-order valence-corrected chi connectivity index (χ3v) is 2.74. The maximum absolute atomic E-state index is 11.2. The maximum atomic E-state index is 11.2. The van der Waals surface area contributed by atoms with Gasteiger partial charge in [-0.2, -0.15) is 10.4 Å². The minimum absolute atomic E-state index is 0.115. The number of nitrogens with one attached hydrogen (secondary N) is 1. The second-order valence-electron chi connectivity index (χ2n) is 3.02. The molecule has 0 saturated carbocycles. The molecule has 1 aromatic heterocycles. The number of methoxy groups -OCH3 is 1. The molecule has 9 heteroatoms. The van der Waals surface area contributed by atoms with E-state index in [2.05, 4.69) is 14.6 Å². The van der Waals surface area contributed by atoms with Gasteiger partial charge in [0.25, 0.3) is 0 Å². The number of anilines is 1. The molecule has 0 radical (unpaired) electrons. The number of nitrogens with zero attached hydrogens (tertiary/aromatic N) is 3. The SMILES string of the molecule is COC(=O)Cn1cc(NS(=O)(=O)CC#N)cn1. The van der Waals surface area contributed by atoms with E-state index in [0.29, 0.717) is 0 Å². The Kier molecular flexibility index (Phi) is 4.06. The number of aromatic nitrogens is 2. The summed E-state index contributed by atoms with van der Waals surface area (Å²) in [6, 6.07) is 1.52. The third-order valence-electron chi connectivity index (χ3n) is 1.68. The van der Waals surface area contributed by atoms with Gasteiger partial charge in [0, 0.05) is 6.20 Å². The summed E-state index contributed by atoms with van der Waals surface area (Å²) in [6.45, 7) is -0.115. The van der Waals surface area contributed by atoms with E-state index in [1.807, 2.05) is 0 Å². The molecule has 17 heavy (non-hydrogen) atoms. The van der Waals surface area contributed by atoms with E-state index in [4.69, 9.17) is 5.26 Å². The van der Waals surface area contributed by atoms with Crippen molar-refractivity contribution in [2.75, 3.05) is 17.6 Å². The summed E-state index contributed by atoms with van der Waals surface area (Å²) in [6.07, 6.45) is 2.56. The summed E-state index contributed by atoms with van der Waals surface area (Å²) in [7, 11) is -2.45. The predicted molar refractivity (Wildman–Crippen MR) is 57.3 cm³/mol. The Balaban J connectivity index is 2.70. The van der Waals surface area contributed by atoms with Gasteiger partial charge in [-0.1, -0.05) is 0 Å². The molecule has 0 aliphatic heterocycles. The van der Waals surface area contributed by atoms with Gasteiger partial charge in [-0.25, -0.2) is 8.42 Å². The first-order valence-electron chi connectivity index (χ1n) is 4.43. The fraction of sp³-hybridized carbons (Fsp3) is 0.375. The Morgan fingerprint density at radius 2 is 2.41 bits per heavy atom. The van der Waals surface area contributed by atoms with Crippen molar-refractivity contribution in [2.24, 2.45) is 0 Å². The van der Waals surface area contributed by atoms with E-state index in [0.717, 1.165) is 0 Å². The van der Waals surface area contributed by atoms with Crippen LogP contribution in [0.3, 0.4) is 0 Å². The summed E-state index contributed by atoms with van der Waals surface area (Å²) in [4.78, 5) is 10.9. The van der Waals surface area contributed by atoms with Crippen LogP contribution in [0.4, 0.5) is 5.69 Å². The van der Waals surface area contributed by atoms with Crippen molar-refractivity contribution in [2.45, 2.75) is 6.54 Å². The minimum atomic E-state index is -3.69. The minimum Gasteiger partial charge on any atom is -0.468 e. The second-order valence-corrected chi connectivity index (χ2v) is 4.74. The molecule has 1 heterocycles. The van der Waals surface area contributed by atoms with Crippen LogP contribution in [0.2, 0.25) is 0 Å². The number of esters is 1. The van der Waals surface area contributed by atoms with Gasteiger partial charge in [0.2, 0.25) is 10.0 Å². The number of hydrogen-bond donors (Lipinski definition) is 1. The van der Waals surface area contributed by atoms with Gasteiger partial charge >= 0.3 is 5.97 Å². The van der Waals surface area contributed by atoms with Gasteiger partial charge in [-0.3, -0.25) is 14.2 Å². The Morgan fingerprint density at radius 3 is 3.00 bits per heavy atom. The van der Waals surface area contributed by atoms with Crippen LogP contribution in [0.15, 0.2) is 12.4 Å². The van der Waals surface area contributed by atoms with Crippen LogP contribution >= 0.6 is 0 Å². The fourth-order valence-electron chi connectivity index (χ4n) is 1.00. The van der Waals surface area contributed by atoms with Crippen LogP contribution in [-0.2, 0) is 26.1 Å². The summed E-state index contributed by atoms with van der Waals surface area (Å²) >= 11 is 0.